The Labute approximate surface area is 163 Å². The van der Waals surface area contributed by atoms with Crippen molar-refractivity contribution in [3.63, 3.8) is 0 Å². The van der Waals surface area contributed by atoms with Crippen LogP contribution >= 0.6 is 15.9 Å². The topological polar surface area (TPSA) is 70.6 Å². The van der Waals surface area contributed by atoms with Gasteiger partial charge in [-0.25, -0.2) is 4.79 Å². The molecule has 1 N–H and O–H groups in total. The third-order valence-electron chi connectivity index (χ3n) is 4.03. The molecule has 9 heteroatoms. The first-order chi connectivity index (χ1) is 12.0. The van der Waals surface area contributed by atoms with Crippen LogP contribution in [0.2, 0.25) is 0 Å². The fourth-order valence-electron chi connectivity index (χ4n) is 2.61. The van der Waals surface area contributed by atoms with E-state index >= 15 is 8.78 Å². The van der Waals surface area contributed by atoms with Gasteiger partial charge >= 0.3 is 11.9 Å². The predicted molar refractivity (Wildman–Crippen MR) is 98.5 cm³/mol. The smallest absolute Gasteiger partial charge is 0.379 e. The quantitative estimate of drug-likeness (QED) is 0.543. The molecule has 0 fully saturated rings. The van der Waals surface area contributed by atoms with E-state index in [0.717, 1.165) is 0 Å². The Balaban J connectivity index is 2.65. The van der Waals surface area contributed by atoms with Gasteiger partial charge in [-0.15, -0.1) is 4.72 Å². The van der Waals surface area contributed by atoms with Crippen molar-refractivity contribution < 1.29 is 27.6 Å². The summed E-state index contributed by atoms with van der Waals surface area (Å²) in [5.41, 5.74) is -2.15. The molecule has 5 nitrogen and oxygen atoms in total. The molecule has 1 aliphatic heterocycles. The molecule has 1 aromatic rings. The molecule has 26 heavy (non-hydrogen) atoms. The molecule has 0 aliphatic carbocycles. The van der Waals surface area contributed by atoms with Crippen LogP contribution in [0.1, 0.15) is 39.7 Å². The fraction of sp³-hybridized carbons (Fsp3) is 0.588. The molecule has 0 saturated heterocycles. The van der Waals surface area contributed by atoms with Gasteiger partial charge < -0.3 is 14.0 Å². The summed E-state index contributed by atoms with van der Waals surface area (Å²) >= 11 is 1.40. The standard InChI is InChI=1S/C17H22BrF2NO4S/c1-5-24-14(22)17(19,20)16(21-26(23)15(2,3)4)8-9-25-13-7-6-11(18)10-12(13)16/h6-7,10,21H,5,8-9H2,1-4H3/t16?,26-/m1/s1. The minimum atomic E-state index is -3.96. The highest BCUT2D eigenvalue weighted by atomic mass is 79.9. The van der Waals surface area contributed by atoms with E-state index in [1.165, 1.54) is 19.1 Å². The third kappa shape index (κ3) is 3.85. The Hall–Kier alpha value is -0.900. The third-order valence-corrected chi connectivity index (χ3v) is 6.17. The average molecular weight is 454 g/mol. The first-order valence-electron chi connectivity index (χ1n) is 8.13. The molecule has 1 unspecified atom stereocenters. The molecular weight excluding hydrogens is 432 g/mol. The van der Waals surface area contributed by atoms with Crippen molar-refractivity contribution >= 4 is 33.3 Å². The van der Waals surface area contributed by atoms with Crippen LogP contribution < -0.4 is 9.46 Å². The minimum absolute atomic E-state index is 0.0576. The normalized spacial score (nSPS) is 21.5. The number of fused-ring (bicyclic) bond motifs is 1. The van der Waals surface area contributed by atoms with Crippen LogP contribution in [0.3, 0.4) is 0 Å². The average Bonchev–Trinajstić information content (AvgIpc) is 2.54. The van der Waals surface area contributed by atoms with E-state index < -0.39 is 33.5 Å². The second-order valence-electron chi connectivity index (χ2n) is 6.92. The number of hydrogen-bond acceptors (Lipinski definition) is 5. The summed E-state index contributed by atoms with van der Waals surface area (Å²) in [6.45, 7) is 6.19. The summed E-state index contributed by atoms with van der Waals surface area (Å²) < 4.78 is 55.8. The van der Waals surface area contributed by atoms with Crippen molar-refractivity contribution in [1.82, 2.24) is 4.72 Å². The van der Waals surface area contributed by atoms with Crippen molar-refractivity contribution in [3.05, 3.63) is 28.2 Å². The first-order valence-corrected chi connectivity index (χ1v) is 10.1. The van der Waals surface area contributed by atoms with Gasteiger partial charge in [-0.1, -0.05) is 15.9 Å². The van der Waals surface area contributed by atoms with Crippen LogP contribution in [0, 0.1) is 0 Å². The summed E-state index contributed by atoms with van der Waals surface area (Å²) in [4.78, 5) is 12.1. The van der Waals surface area contributed by atoms with Crippen molar-refractivity contribution in [2.24, 2.45) is 0 Å². The lowest BCUT2D eigenvalue weighted by molar-refractivity contribution is -0.187. The van der Waals surface area contributed by atoms with E-state index in [2.05, 4.69) is 25.4 Å². The lowest BCUT2D eigenvalue weighted by Crippen LogP contribution is -2.64. The summed E-state index contributed by atoms with van der Waals surface area (Å²) in [6, 6.07) is 4.64. The Morgan fingerprint density at radius 2 is 2.12 bits per heavy atom. The second-order valence-corrected chi connectivity index (χ2v) is 9.80. The molecule has 0 saturated carbocycles. The van der Waals surface area contributed by atoms with Gasteiger partial charge in [0, 0.05) is 27.8 Å². The van der Waals surface area contributed by atoms with Crippen LogP contribution in [0.5, 0.6) is 5.75 Å². The Bertz CT molecular complexity index is 683. The number of nitrogens with one attached hydrogen (secondary N) is 1. The maximum absolute atomic E-state index is 15.4. The van der Waals surface area contributed by atoms with E-state index in [1.54, 1.807) is 26.8 Å². The SMILES string of the molecule is CCOC(=O)C(F)(F)C1(N[S@+]([O-])C(C)(C)C)CCOc2ccc(Br)cc21. The number of carbonyl (C=O) groups excluding carboxylic acids is 1. The van der Waals surface area contributed by atoms with Gasteiger partial charge in [0.15, 0.2) is 5.54 Å². The maximum Gasteiger partial charge on any atom is 0.379 e. The zero-order valence-corrected chi connectivity index (χ0v) is 17.4. The van der Waals surface area contributed by atoms with Crippen LogP contribution in [-0.2, 0) is 26.4 Å². The van der Waals surface area contributed by atoms with Crippen LogP contribution in [0.4, 0.5) is 8.78 Å². The molecule has 2 rings (SSSR count). The summed E-state index contributed by atoms with van der Waals surface area (Å²) in [5.74, 6) is -5.41. The summed E-state index contributed by atoms with van der Waals surface area (Å²) in [5, 5.41) is 0. The van der Waals surface area contributed by atoms with Gasteiger partial charge in [0.25, 0.3) is 0 Å². The Morgan fingerprint density at radius 1 is 1.46 bits per heavy atom. The number of carbonyl (C=O) groups is 1. The first kappa shape index (κ1) is 21.4. The second kappa shape index (κ2) is 7.61. The molecular formula is C17H22BrF2NO4S. The summed E-state index contributed by atoms with van der Waals surface area (Å²) in [7, 11) is 0. The number of benzene rings is 1. The van der Waals surface area contributed by atoms with Gasteiger partial charge in [-0.05, 0) is 45.9 Å². The summed E-state index contributed by atoms with van der Waals surface area (Å²) in [6.07, 6.45) is -0.246. The van der Waals surface area contributed by atoms with Crippen molar-refractivity contribution in [3.8, 4) is 5.75 Å². The number of ether oxygens (including phenoxy) is 2. The lowest BCUT2D eigenvalue weighted by Gasteiger charge is -2.43. The van der Waals surface area contributed by atoms with Crippen LogP contribution in [-0.4, -0.2) is 34.4 Å². The van der Waals surface area contributed by atoms with E-state index in [4.69, 9.17) is 4.74 Å². The number of alkyl halides is 2. The van der Waals surface area contributed by atoms with E-state index in [9.17, 15) is 9.35 Å². The molecule has 146 valence electrons. The van der Waals surface area contributed by atoms with E-state index in [0.29, 0.717) is 4.47 Å². The number of esters is 1. The maximum atomic E-state index is 15.4. The highest BCUT2D eigenvalue weighted by Gasteiger charge is 2.66. The van der Waals surface area contributed by atoms with Crippen LogP contribution in [0.15, 0.2) is 22.7 Å². The van der Waals surface area contributed by atoms with Gasteiger partial charge in [0.2, 0.25) is 0 Å². The zero-order valence-electron chi connectivity index (χ0n) is 15.0. The molecule has 0 bridgehead atoms. The Morgan fingerprint density at radius 3 is 2.69 bits per heavy atom. The van der Waals surface area contributed by atoms with Crippen molar-refractivity contribution in [1.29, 1.82) is 0 Å². The molecule has 0 amide bonds. The highest BCUT2D eigenvalue weighted by Crippen LogP contribution is 2.49. The molecule has 0 radical (unpaired) electrons. The number of hydrogen-bond donors (Lipinski definition) is 1. The minimum Gasteiger partial charge on any atom is -0.598 e. The largest absolute Gasteiger partial charge is 0.598 e. The van der Waals surface area contributed by atoms with Crippen LogP contribution in [0.25, 0.3) is 0 Å². The highest BCUT2D eigenvalue weighted by molar-refractivity contribution is 9.10. The number of halogens is 3. The lowest BCUT2D eigenvalue weighted by atomic mass is 9.79. The van der Waals surface area contributed by atoms with E-state index in [-0.39, 0.29) is 30.9 Å². The van der Waals surface area contributed by atoms with Gasteiger partial charge in [-0.2, -0.15) is 8.78 Å². The molecule has 2 atom stereocenters. The van der Waals surface area contributed by atoms with Gasteiger partial charge in [0.1, 0.15) is 10.5 Å². The van der Waals surface area contributed by atoms with Crippen molar-refractivity contribution in [2.75, 3.05) is 13.2 Å². The Kier molecular flexibility index (Phi) is 6.27. The molecule has 0 spiro atoms. The molecule has 1 heterocycles. The number of rotatable bonds is 5. The van der Waals surface area contributed by atoms with Crippen molar-refractivity contribution in [2.45, 2.75) is 50.3 Å². The fourth-order valence-corrected chi connectivity index (χ4v) is 3.94. The molecule has 0 aromatic heterocycles. The molecule has 1 aliphatic rings. The van der Waals surface area contributed by atoms with Gasteiger partial charge in [-0.3, -0.25) is 0 Å². The predicted octanol–water partition coefficient (Wildman–Crippen LogP) is 3.68. The zero-order chi connectivity index (χ0) is 19.8. The molecule has 1 aromatic carbocycles. The monoisotopic (exact) mass is 453 g/mol. The van der Waals surface area contributed by atoms with E-state index in [1.807, 2.05) is 0 Å². The van der Waals surface area contributed by atoms with Gasteiger partial charge in [0.05, 0.1) is 13.2 Å².